The molecule has 1 aromatic carbocycles. The van der Waals surface area contributed by atoms with Crippen molar-refractivity contribution in [3.63, 3.8) is 0 Å². The summed E-state index contributed by atoms with van der Waals surface area (Å²) in [6, 6.07) is 8.30. The zero-order chi connectivity index (χ0) is 18.0. The van der Waals surface area contributed by atoms with Crippen LogP contribution in [0.1, 0.15) is 59.4 Å². The molecular formula is C20H34N2O2. The van der Waals surface area contributed by atoms with Crippen molar-refractivity contribution in [3.05, 3.63) is 29.8 Å². The molecule has 0 aliphatic heterocycles. The van der Waals surface area contributed by atoms with E-state index in [0.717, 1.165) is 38.1 Å². The minimum Gasteiger partial charge on any atom is -0.494 e. The molecule has 1 rings (SSSR count). The molecule has 0 aliphatic rings. The molecule has 0 unspecified atom stereocenters. The fourth-order valence-electron chi connectivity index (χ4n) is 2.48. The van der Waals surface area contributed by atoms with Crippen LogP contribution in [0.3, 0.4) is 0 Å². The zero-order valence-corrected chi connectivity index (χ0v) is 16.0. The molecule has 0 aliphatic carbocycles. The highest BCUT2D eigenvalue weighted by Crippen LogP contribution is 2.24. The second-order valence-corrected chi connectivity index (χ2v) is 7.20. The van der Waals surface area contributed by atoms with Gasteiger partial charge in [0, 0.05) is 19.6 Å². The standard InChI is InChI=1S/C20H34N2O2/c1-6-14-22(15-7-2)19(23)21-13-8-16-24-18-11-9-17(10-12-18)20(3,4)5/h9-12H,6-8,13-16H2,1-5H3,(H,21,23). The Bertz CT molecular complexity index is 471. The molecule has 4 nitrogen and oxygen atoms in total. The van der Waals surface area contributed by atoms with E-state index in [2.05, 4.69) is 52.1 Å². The van der Waals surface area contributed by atoms with Crippen molar-refractivity contribution >= 4 is 6.03 Å². The molecule has 0 saturated carbocycles. The molecule has 2 amide bonds. The number of nitrogens with zero attached hydrogens (tertiary/aromatic N) is 1. The molecule has 0 heterocycles. The fourth-order valence-corrected chi connectivity index (χ4v) is 2.48. The van der Waals surface area contributed by atoms with Gasteiger partial charge in [-0.3, -0.25) is 0 Å². The Labute approximate surface area is 147 Å². The number of urea groups is 1. The van der Waals surface area contributed by atoms with Gasteiger partial charge in [0.15, 0.2) is 0 Å². The molecule has 1 aromatic rings. The second kappa shape index (κ2) is 10.2. The summed E-state index contributed by atoms with van der Waals surface area (Å²) < 4.78 is 5.75. The second-order valence-electron chi connectivity index (χ2n) is 7.20. The molecular weight excluding hydrogens is 300 g/mol. The van der Waals surface area contributed by atoms with Gasteiger partial charge in [0.05, 0.1) is 6.61 Å². The minimum absolute atomic E-state index is 0.0354. The number of rotatable bonds is 9. The van der Waals surface area contributed by atoms with Crippen molar-refractivity contribution in [1.82, 2.24) is 10.2 Å². The summed E-state index contributed by atoms with van der Waals surface area (Å²) in [5, 5.41) is 2.97. The number of nitrogens with one attached hydrogen (secondary N) is 1. The molecule has 136 valence electrons. The number of benzene rings is 1. The van der Waals surface area contributed by atoms with E-state index in [9.17, 15) is 4.79 Å². The van der Waals surface area contributed by atoms with Gasteiger partial charge in [-0.15, -0.1) is 0 Å². The fraction of sp³-hybridized carbons (Fsp3) is 0.650. The predicted molar refractivity (Wildman–Crippen MR) is 101 cm³/mol. The van der Waals surface area contributed by atoms with Crippen LogP contribution in [-0.2, 0) is 5.41 Å². The molecule has 0 saturated heterocycles. The van der Waals surface area contributed by atoms with E-state index < -0.39 is 0 Å². The smallest absolute Gasteiger partial charge is 0.317 e. The van der Waals surface area contributed by atoms with Gasteiger partial charge >= 0.3 is 6.03 Å². The molecule has 0 aromatic heterocycles. The predicted octanol–water partition coefficient (Wildman–Crippen LogP) is 4.58. The van der Waals surface area contributed by atoms with Crippen molar-refractivity contribution in [2.75, 3.05) is 26.2 Å². The third kappa shape index (κ3) is 7.24. The van der Waals surface area contributed by atoms with Gasteiger partial charge < -0.3 is 15.0 Å². The normalized spacial score (nSPS) is 11.2. The first kappa shape index (κ1) is 20.3. The van der Waals surface area contributed by atoms with Crippen LogP contribution in [0.4, 0.5) is 4.79 Å². The van der Waals surface area contributed by atoms with Crippen LogP contribution in [0.25, 0.3) is 0 Å². The summed E-state index contributed by atoms with van der Waals surface area (Å²) in [7, 11) is 0. The lowest BCUT2D eigenvalue weighted by atomic mass is 9.87. The summed E-state index contributed by atoms with van der Waals surface area (Å²) in [4.78, 5) is 13.9. The Morgan fingerprint density at radius 3 is 2.17 bits per heavy atom. The number of carbonyl (C=O) groups excluding carboxylic acids is 1. The van der Waals surface area contributed by atoms with Gasteiger partial charge in [-0.1, -0.05) is 46.8 Å². The number of ether oxygens (including phenoxy) is 1. The van der Waals surface area contributed by atoms with Crippen LogP contribution < -0.4 is 10.1 Å². The zero-order valence-electron chi connectivity index (χ0n) is 16.0. The van der Waals surface area contributed by atoms with Gasteiger partial charge in [-0.2, -0.15) is 0 Å². The van der Waals surface area contributed by atoms with Crippen molar-refractivity contribution in [2.45, 2.75) is 59.3 Å². The van der Waals surface area contributed by atoms with E-state index in [1.807, 2.05) is 17.0 Å². The lowest BCUT2D eigenvalue weighted by Gasteiger charge is -2.22. The van der Waals surface area contributed by atoms with Crippen LogP contribution in [0.2, 0.25) is 0 Å². The van der Waals surface area contributed by atoms with Gasteiger partial charge in [0.1, 0.15) is 5.75 Å². The molecule has 0 bridgehead atoms. The number of hydrogen-bond donors (Lipinski definition) is 1. The summed E-state index contributed by atoms with van der Waals surface area (Å²) in [6.45, 7) is 13.7. The lowest BCUT2D eigenvalue weighted by Crippen LogP contribution is -2.41. The Morgan fingerprint density at radius 1 is 1.08 bits per heavy atom. The third-order valence-corrected chi connectivity index (χ3v) is 3.86. The van der Waals surface area contributed by atoms with Gasteiger partial charge in [-0.25, -0.2) is 4.79 Å². The molecule has 0 atom stereocenters. The van der Waals surface area contributed by atoms with E-state index >= 15 is 0 Å². The van der Waals surface area contributed by atoms with Gasteiger partial charge in [-0.05, 0) is 42.4 Å². The highest BCUT2D eigenvalue weighted by Gasteiger charge is 2.13. The number of hydrogen-bond acceptors (Lipinski definition) is 2. The largest absolute Gasteiger partial charge is 0.494 e. The summed E-state index contributed by atoms with van der Waals surface area (Å²) >= 11 is 0. The summed E-state index contributed by atoms with van der Waals surface area (Å²) in [6.07, 6.45) is 2.78. The highest BCUT2D eigenvalue weighted by molar-refractivity contribution is 5.74. The summed E-state index contributed by atoms with van der Waals surface area (Å²) in [5.41, 5.74) is 1.46. The quantitative estimate of drug-likeness (QED) is 0.671. The monoisotopic (exact) mass is 334 g/mol. The molecule has 24 heavy (non-hydrogen) atoms. The first-order chi connectivity index (χ1) is 11.4. The Morgan fingerprint density at radius 2 is 1.67 bits per heavy atom. The lowest BCUT2D eigenvalue weighted by molar-refractivity contribution is 0.196. The van der Waals surface area contributed by atoms with Crippen LogP contribution in [-0.4, -0.2) is 37.2 Å². The third-order valence-electron chi connectivity index (χ3n) is 3.86. The van der Waals surface area contributed by atoms with E-state index in [-0.39, 0.29) is 11.4 Å². The Kier molecular flexibility index (Phi) is 8.66. The molecule has 0 spiro atoms. The molecule has 1 N–H and O–H groups in total. The van der Waals surface area contributed by atoms with E-state index in [1.165, 1.54) is 5.56 Å². The van der Waals surface area contributed by atoms with E-state index in [0.29, 0.717) is 13.2 Å². The van der Waals surface area contributed by atoms with Crippen LogP contribution in [0.15, 0.2) is 24.3 Å². The minimum atomic E-state index is 0.0354. The SMILES string of the molecule is CCCN(CCC)C(=O)NCCCOc1ccc(C(C)(C)C)cc1. The molecule has 0 fully saturated rings. The van der Waals surface area contributed by atoms with E-state index in [1.54, 1.807) is 0 Å². The average molecular weight is 335 g/mol. The van der Waals surface area contributed by atoms with Crippen LogP contribution >= 0.6 is 0 Å². The topological polar surface area (TPSA) is 41.6 Å². The molecule has 4 heteroatoms. The van der Waals surface area contributed by atoms with Gasteiger partial charge in [0.2, 0.25) is 0 Å². The maximum atomic E-state index is 12.1. The first-order valence-electron chi connectivity index (χ1n) is 9.14. The van der Waals surface area contributed by atoms with Crippen molar-refractivity contribution in [2.24, 2.45) is 0 Å². The maximum absolute atomic E-state index is 12.1. The maximum Gasteiger partial charge on any atom is 0.317 e. The van der Waals surface area contributed by atoms with Crippen molar-refractivity contribution in [3.8, 4) is 5.75 Å². The Hall–Kier alpha value is -1.71. The van der Waals surface area contributed by atoms with Gasteiger partial charge in [0.25, 0.3) is 0 Å². The first-order valence-corrected chi connectivity index (χ1v) is 9.14. The highest BCUT2D eigenvalue weighted by atomic mass is 16.5. The molecule has 0 radical (unpaired) electrons. The van der Waals surface area contributed by atoms with Crippen LogP contribution in [0.5, 0.6) is 5.75 Å². The number of carbonyl (C=O) groups is 1. The van der Waals surface area contributed by atoms with E-state index in [4.69, 9.17) is 4.74 Å². The summed E-state index contributed by atoms with van der Waals surface area (Å²) in [5.74, 6) is 0.882. The van der Waals surface area contributed by atoms with Crippen LogP contribution in [0, 0.1) is 0 Å². The van der Waals surface area contributed by atoms with Crippen molar-refractivity contribution < 1.29 is 9.53 Å². The average Bonchev–Trinajstić information content (AvgIpc) is 2.53. The van der Waals surface area contributed by atoms with Crippen molar-refractivity contribution in [1.29, 1.82) is 0 Å². The number of amides is 2. The Balaban J connectivity index is 2.27.